The van der Waals surface area contributed by atoms with Crippen molar-refractivity contribution in [2.45, 2.75) is 21.8 Å². The van der Waals surface area contributed by atoms with E-state index in [0.29, 0.717) is 0 Å². The van der Waals surface area contributed by atoms with Crippen molar-refractivity contribution >= 4 is 12.7 Å². The van der Waals surface area contributed by atoms with E-state index >= 15 is 0 Å². The van der Waals surface area contributed by atoms with E-state index in [9.17, 15) is 9.36 Å². The van der Waals surface area contributed by atoms with Gasteiger partial charge in [0.1, 0.15) is 7.14 Å². The van der Waals surface area contributed by atoms with Crippen LogP contribution in [0.15, 0.2) is 0 Å². The molecule has 0 heterocycles. The average molecular weight is 152 g/mol. The van der Waals surface area contributed by atoms with Gasteiger partial charge in [-0.25, -0.2) is 0 Å². The van der Waals surface area contributed by atoms with E-state index < -0.39 is 7.14 Å². The Kier molecular flexibility index (Phi) is 8.42. The summed E-state index contributed by atoms with van der Waals surface area (Å²) in [4.78, 5) is 10.2. The van der Waals surface area contributed by atoms with Crippen LogP contribution in [-0.4, -0.2) is 18.9 Å². The molecule has 58 valence electrons. The summed E-state index contributed by atoms with van der Waals surface area (Å²) in [6.07, 6.45) is 0. The third-order valence-corrected chi connectivity index (χ3v) is 2.28. The zero-order valence-corrected chi connectivity index (χ0v) is 5.66. The molecule has 0 aromatic carbocycles. The standard InChI is InChI=1S/C4H9O2P.2CH4/c1-4(5)7(2,3)6;;/h1-3H3;2*1H4. The third-order valence-electron chi connectivity index (χ3n) is 0.758. The highest BCUT2D eigenvalue weighted by Crippen LogP contribution is 2.35. The molecule has 0 saturated carbocycles. The number of carbonyl (C=O) groups is 1. The molecular formula is C6H17O2P. The van der Waals surface area contributed by atoms with Gasteiger partial charge in [0.25, 0.3) is 0 Å². The molecule has 3 heteroatoms. The van der Waals surface area contributed by atoms with Gasteiger partial charge in [-0.2, -0.15) is 0 Å². The first-order chi connectivity index (χ1) is 2.94. The second kappa shape index (κ2) is 4.75. The fourth-order valence-corrected chi connectivity index (χ4v) is 0. The molecule has 0 aromatic rings. The van der Waals surface area contributed by atoms with Crippen molar-refractivity contribution in [1.82, 2.24) is 0 Å². The molecule has 0 atom stereocenters. The Labute approximate surface area is 58.0 Å². The van der Waals surface area contributed by atoms with Gasteiger partial charge < -0.3 is 4.57 Å². The van der Waals surface area contributed by atoms with Gasteiger partial charge in [0, 0.05) is 6.92 Å². The monoisotopic (exact) mass is 152 g/mol. The van der Waals surface area contributed by atoms with Crippen molar-refractivity contribution in [1.29, 1.82) is 0 Å². The van der Waals surface area contributed by atoms with Crippen LogP contribution in [0.4, 0.5) is 0 Å². The van der Waals surface area contributed by atoms with Gasteiger partial charge in [-0.15, -0.1) is 0 Å². The van der Waals surface area contributed by atoms with Crippen molar-refractivity contribution < 1.29 is 9.36 Å². The minimum atomic E-state index is -2.38. The van der Waals surface area contributed by atoms with Gasteiger partial charge in [-0.3, -0.25) is 4.79 Å². The summed E-state index contributed by atoms with van der Waals surface area (Å²) >= 11 is 0. The maximum Gasteiger partial charge on any atom is 0.187 e. The van der Waals surface area contributed by atoms with Crippen molar-refractivity contribution in [2.75, 3.05) is 13.3 Å². The second-order valence-corrected chi connectivity index (χ2v) is 5.20. The van der Waals surface area contributed by atoms with E-state index in [1.807, 2.05) is 0 Å². The lowest BCUT2D eigenvalue weighted by atomic mass is 10.9. The lowest BCUT2D eigenvalue weighted by Crippen LogP contribution is -1.87. The molecule has 9 heavy (non-hydrogen) atoms. The minimum absolute atomic E-state index is 0. The van der Waals surface area contributed by atoms with Crippen LogP contribution in [-0.2, 0) is 9.36 Å². The summed E-state index contributed by atoms with van der Waals surface area (Å²) in [7, 11) is -2.38. The highest BCUT2D eigenvalue weighted by molar-refractivity contribution is 7.78. The first kappa shape index (κ1) is 16.0. The molecule has 2 nitrogen and oxygen atoms in total. The third kappa shape index (κ3) is 7.90. The Morgan fingerprint density at radius 2 is 1.33 bits per heavy atom. The Bertz CT molecular complexity index is 123. The van der Waals surface area contributed by atoms with Crippen molar-refractivity contribution in [2.24, 2.45) is 0 Å². The lowest BCUT2D eigenvalue weighted by molar-refractivity contribution is -0.110. The Morgan fingerprint density at radius 1 is 1.22 bits per heavy atom. The summed E-state index contributed by atoms with van der Waals surface area (Å²) in [5.74, 6) is 0. The molecular weight excluding hydrogens is 135 g/mol. The number of hydrogen-bond donors (Lipinski definition) is 0. The normalized spacial score (nSPS) is 8.78. The molecule has 0 aliphatic heterocycles. The van der Waals surface area contributed by atoms with Crippen LogP contribution in [0, 0.1) is 0 Å². The maximum absolute atomic E-state index is 10.6. The van der Waals surface area contributed by atoms with Crippen LogP contribution in [0.25, 0.3) is 0 Å². The van der Waals surface area contributed by atoms with Crippen LogP contribution in [0.2, 0.25) is 0 Å². The summed E-state index contributed by atoms with van der Waals surface area (Å²) < 4.78 is 10.6. The van der Waals surface area contributed by atoms with Crippen molar-refractivity contribution in [3.8, 4) is 0 Å². The molecule has 0 amide bonds. The van der Waals surface area contributed by atoms with E-state index in [0.717, 1.165) is 0 Å². The van der Waals surface area contributed by atoms with Crippen molar-refractivity contribution in [3.05, 3.63) is 0 Å². The number of rotatable bonds is 1. The zero-order valence-electron chi connectivity index (χ0n) is 4.76. The summed E-state index contributed by atoms with van der Waals surface area (Å²) in [5, 5.41) is 0. The summed E-state index contributed by atoms with van der Waals surface area (Å²) in [6.45, 7) is 4.28. The van der Waals surface area contributed by atoms with Gasteiger partial charge in [-0.05, 0) is 13.3 Å². The maximum atomic E-state index is 10.6. The summed E-state index contributed by atoms with van der Waals surface area (Å²) in [6, 6.07) is 0. The predicted molar refractivity (Wildman–Crippen MR) is 43.6 cm³/mol. The number of carbonyl (C=O) groups excluding carboxylic acids is 1. The van der Waals surface area contributed by atoms with Gasteiger partial charge in [-0.1, -0.05) is 14.9 Å². The predicted octanol–water partition coefficient (Wildman–Crippen LogP) is 2.43. The molecule has 0 aliphatic rings. The van der Waals surface area contributed by atoms with E-state index in [4.69, 9.17) is 0 Å². The molecule has 0 aliphatic carbocycles. The zero-order chi connectivity index (χ0) is 6.08. The van der Waals surface area contributed by atoms with Crippen LogP contribution in [0.5, 0.6) is 0 Å². The number of hydrogen-bond acceptors (Lipinski definition) is 2. The molecule has 0 fully saturated rings. The van der Waals surface area contributed by atoms with Crippen LogP contribution >= 0.6 is 7.14 Å². The van der Waals surface area contributed by atoms with Crippen LogP contribution < -0.4 is 0 Å². The second-order valence-electron chi connectivity index (χ2n) is 1.87. The molecule has 0 bridgehead atoms. The van der Waals surface area contributed by atoms with E-state index in [1.54, 1.807) is 0 Å². The lowest BCUT2D eigenvalue weighted by Gasteiger charge is -1.95. The Balaban J connectivity index is -0.000000180. The highest BCUT2D eigenvalue weighted by atomic mass is 31.2. The molecule has 0 saturated heterocycles. The average Bonchev–Trinajstić information content (AvgIpc) is 1.31. The molecule has 0 radical (unpaired) electrons. The Hall–Kier alpha value is -0.100. The van der Waals surface area contributed by atoms with Gasteiger partial charge in [0.05, 0.1) is 0 Å². The van der Waals surface area contributed by atoms with Crippen molar-refractivity contribution in [3.63, 3.8) is 0 Å². The molecule has 0 aromatic heterocycles. The quantitative estimate of drug-likeness (QED) is 0.541. The molecule has 0 spiro atoms. The van der Waals surface area contributed by atoms with Gasteiger partial charge in [0.2, 0.25) is 0 Å². The van der Waals surface area contributed by atoms with E-state index in [-0.39, 0.29) is 20.4 Å². The van der Waals surface area contributed by atoms with Gasteiger partial charge >= 0.3 is 0 Å². The highest BCUT2D eigenvalue weighted by Gasteiger charge is 2.11. The Morgan fingerprint density at radius 3 is 1.33 bits per heavy atom. The molecule has 0 unspecified atom stereocenters. The topological polar surface area (TPSA) is 34.1 Å². The van der Waals surface area contributed by atoms with Crippen LogP contribution in [0.3, 0.4) is 0 Å². The van der Waals surface area contributed by atoms with E-state index in [2.05, 4.69) is 0 Å². The first-order valence-corrected chi connectivity index (χ1v) is 4.61. The fourth-order valence-electron chi connectivity index (χ4n) is 0. The summed E-state index contributed by atoms with van der Waals surface area (Å²) in [5.41, 5.74) is -0.201. The van der Waals surface area contributed by atoms with E-state index in [1.165, 1.54) is 20.3 Å². The largest absolute Gasteiger partial charge is 0.316 e. The minimum Gasteiger partial charge on any atom is -0.316 e. The molecule has 0 N–H and O–H groups in total. The van der Waals surface area contributed by atoms with Gasteiger partial charge in [0.15, 0.2) is 5.52 Å². The fraction of sp³-hybridized carbons (Fsp3) is 0.833. The molecule has 0 rings (SSSR count). The smallest absolute Gasteiger partial charge is 0.187 e. The van der Waals surface area contributed by atoms with Crippen LogP contribution in [0.1, 0.15) is 21.8 Å². The SMILES string of the molecule is C.C.CC(=O)P(C)(C)=O. The first-order valence-electron chi connectivity index (χ1n) is 2.00.